The van der Waals surface area contributed by atoms with Crippen molar-refractivity contribution in [3.8, 4) is 0 Å². The van der Waals surface area contributed by atoms with Gasteiger partial charge in [-0.2, -0.15) is 12.6 Å². The third kappa shape index (κ3) is 16.8. The molecule has 6 atom stereocenters. The molecule has 0 aromatic rings. The monoisotopic (exact) mass is 732 g/mol. The Kier molecular flexibility index (Phi) is 21.9. The maximum atomic E-state index is 13.8. The first-order chi connectivity index (χ1) is 23.4. The van der Waals surface area contributed by atoms with Crippen molar-refractivity contribution in [3.05, 3.63) is 0 Å². The number of unbranched alkanes of at least 4 members (excludes halogenated alkanes) is 1. The normalized spacial score (nSPS) is 14.9. The minimum Gasteiger partial charge on any atom is -0.480 e. The fraction of sp³-hybridized carbons (Fsp3) is 0.767. The van der Waals surface area contributed by atoms with Crippen LogP contribution in [0.3, 0.4) is 0 Å². The lowest BCUT2D eigenvalue weighted by Crippen LogP contribution is -2.62. The number of thiol groups is 1. The highest BCUT2D eigenvalue weighted by atomic mass is 32.1. The van der Waals surface area contributed by atoms with Crippen LogP contribution in [0.4, 0.5) is 0 Å². The van der Waals surface area contributed by atoms with E-state index in [-0.39, 0.29) is 63.5 Å². The molecule has 0 saturated carbocycles. The highest BCUT2D eigenvalue weighted by Gasteiger charge is 2.39. The average Bonchev–Trinajstić information content (AvgIpc) is 3.03. The van der Waals surface area contributed by atoms with Gasteiger partial charge in [-0.1, -0.05) is 0 Å². The zero-order valence-corrected chi connectivity index (χ0v) is 30.5. The van der Waals surface area contributed by atoms with Crippen molar-refractivity contribution >= 4 is 54.1 Å². The lowest BCUT2D eigenvalue weighted by Gasteiger charge is -2.41. The number of guanidine groups is 1. The van der Waals surface area contributed by atoms with Crippen molar-refractivity contribution in [2.45, 2.75) is 114 Å². The van der Waals surface area contributed by atoms with Crippen LogP contribution in [0.2, 0.25) is 0 Å². The molecular formula is C30H60N12O7S. The van der Waals surface area contributed by atoms with E-state index < -0.39 is 77.3 Å². The van der Waals surface area contributed by atoms with Gasteiger partial charge in [-0.3, -0.25) is 29.0 Å². The topological polar surface area (TPSA) is 342 Å². The van der Waals surface area contributed by atoms with Crippen LogP contribution in [-0.4, -0.2) is 125 Å². The number of nitrogens with zero attached hydrogens (tertiary/aromatic N) is 2. The van der Waals surface area contributed by atoms with Crippen molar-refractivity contribution in [2.24, 2.45) is 39.4 Å². The van der Waals surface area contributed by atoms with E-state index in [2.05, 4.69) is 38.9 Å². The number of hydrogen-bond acceptors (Lipinski definition) is 12. The first kappa shape index (κ1) is 46.3. The summed E-state index contributed by atoms with van der Waals surface area (Å²) in [7, 11) is 0. The molecule has 0 aromatic carbocycles. The number of carboxylic acid groups (broad SMARTS) is 1. The van der Waals surface area contributed by atoms with Crippen LogP contribution < -0.4 is 55.7 Å². The molecule has 0 saturated heterocycles. The minimum absolute atomic E-state index is 0.0328. The molecule has 0 fully saturated rings. The molecule has 0 aliphatic carbocycles. The molecule has 0 spiro atoms. The molecule has 0 heterocycles. The second kappa shape index (κ2) is 23.6. The van der Waals surface area contributed by atoms with Gasteiger partial charge in [0.05, 0.1) is 6.04 Å². The standard InChI is InChI=1S/C30H60N12O7S/c1-17(28(48)49)42(30(2,3)4)27(47)21(9-7-15-37-29(35)36)40-25(45)20(11-14-33)39-26(46)22(16-50)41-24(44)19(8-5-6-12-31)38-23(43)18(34)10-13-32/h17-22,50H,5-16,31-34H2,1-4H3,(H,38,43)(H,39,46)(H,40,45)(H,41,44)(H,48,49)(H4,35,36,37)/t17-,18-,19-,20-,21-,22-/m0/s1. The molecule has 0 aliphatic heterocycles. The summed E-state index contributed by atoms with van der Waals surface area (Å²) in [5.41, 5.74) is 32.5. The molecule has 20 heteroatoms. The summed E-state index contributed by atoms with van der Waals surface area (Å²) in [5.74, 6) is -5.06. The van der Waals surface area contributed by atoms with Crippen molar-refractivity contribution < 1.29 is 33.9 Å². The van der Waals surface area contributed by atoms with Gasteiger partial charge in [0.15, 0.2) is 5.96 Å². The van der Waals surface area contributed by atoms with Gasteiger partial charge in [-0.25, -0.2) is 4.79 Å². The minimum atomic E-state index is -1.26. The number of carboxylic acids is 1. The molecule has 0 aromatic heterocycles. The van der Waals surface area contributed by atoms with Gasteiger partial charge in [0.1, 0.15) is 30.2 Å². The third-order valence-electron chi connectivity index (χ3n) is 7.56. The predicted octanol–water partition coefficient (Wildman–Crippen LogP) is -3.84. The lowest BCUT2D eigenvalue weighted by atomic mass is 9.99. The summed E-state index contributed by atoms with van der Waals surface area (Å²) in [4.78, 5) is 83.6. The van der Waals surface area contributed by atoms with Gasteiger partial charge in [-0.15, -0.1) is 0 Å². The second-order valence-electron chi connectivity index (χ2n) is 12.8. The zero-order chi connectivity index (χ0) is 38.6. The zero-order valence-electron chi connectivity index (χ0n) is 29.7. The second-order valence-corrected chi connectivity index (χ2v) is 13.2. The van der Waals surface area contributed by atoms with Gasteiger partial charge in [0, 0.05) is 17.8 Å². The summed E-state index contributed by atoms with van der Waals surface area (Å²) < 4.78 is 0. The lowest BCUT2D eigenvalue weighted by molar-refractivity contribution is -0.155. The van der Waals surface area contributed by atoms with E-state index in [0.29, 0.717) is 19.4 Å². The maximum Gasteiger partial charge on any atom is 0.326 e. The van der Waals surface area contributed by atoms with Crippen molar-refractivity contribution in [1.82, 2.24) is 26.2 Å². The summed E-state index contributed by atoms with van der Waals surface area (Å²) >= 11 is 4.20. The van der Waals surface area contributed by atoms with Crippen molar-refractivity contribution in [1.29, 1.82) is 0 Å². The first-order valence-electron chi connectivity index (χ1n) is 16.7. The molecule has 5 amide bonds. The van der Waals surface area contributed by atoms with Crippen molar-refractivity contribution in [3.63, 3.8) is 0 Å². The Morgan fingerprint density at radius 3 is 1.68 bits per heavy atom. The third-order valence-corrected chi connectivity index (χ3v) is 7.93. The number of nitrogens with one attached hydrogen (secondary N) is 4. The van der Waals surface area contributed by atoms with Crippen LogP contribution in [0.15, 0.2) is 4.99 Å². The first-order valence-corrected chi connectivity index (χ1v) is 17.3. The number of carbonyl (C=O) groups is 6. The molecule has 50 heavy (non-hydrogen) atoms. The Morgan fingerprint density at radius 2 is 1.20 bits per heavy atom. The molecule has 0 bridgehead atoms. The van der Waals surface area contributed by atoms with E-state index in [0.717, 1.165) is 4.90 Å². The number of amides is 5. The number of carbonyl (C=O) groups excluding carboxylic acids is 5. The van der Waals surface area contributed by atoms with Crippen LogP contribution in [0.1, 0.15) is 72.6 Å². The molecule has 0 unspecified atom stereocenters. The summed E-state index contributed by atoms with van der Waals surface area (Å²) in [6.07, 6.45) is 1.73. The van der Waals surface area contributed by atoms with Gasteiger partial charge < -0.3 is 65.7 Å². The van der Waals surface area contributed by atoms with Crippen LogP contribution in [-0.2, 0) is 28.8 Å². The van der Waals surface area contributed by atoms with E-state index in [1.54, 1.807) is 20.8 Å². The van der Waals surface area contributed by atoms with E-state index in [9.17, 15) is 33.9 Å². The molecular weight excluding hydrogens is 672 g/mol. The number of aliphatic carboxylic acids is 1. The Balaban J connectivity index is 6.12. The quantitative estimate of drug-likeness (QED) is 0.0196. The van der Waals surface area contributed by atoms with Gasteiger partial charge in [0.2, 0.25) is 29.5 Å². The average molecular weight is 733 g/mol. The van der Waals surface area contributed by atoms with Crippen molar-refractivity contribution in [2.75, 3.05) is 31.9 Å². The summed E-state index contributed by atoms with van der Waals surface area (Å²) in [6, 6.07) is -6.93. The molecule has 17 N–H and O–H groups in total. The highest BCUT2D eigenvalue weighted by Crippen LogP contribution is 2.20. The van der Waals surface area contributed by atoms with E-state index in [1.807, 2.05) is 0 Å². The summed E-state index contributed by atoms with van der Waals surface area (Å²) in [6.45, 7) is 6.97. The Bertz CT molecular complexity index is 1150. The van der Waals surface area contributed by atoms with E-state index in [4.69, 9.17) is 34.4 Å². The highest BCUT2D eigenvalue weighted by molar-refractivity contribution is 7.80. The smallest absolute Gasteiger partial charge is 0.326 e. The van der Waals surface area contributed by atoms with Crippen LogP contribution in [0, 0.1) is 0 Å². The fourth-order valence-electron chi connectivity index (χ4n) is 4.94. The molecule has 0 aliphatic rings. The fourth-order valence-corrected chi connectivity index (χ4v) is 5.20. The molecule has 0 rings (SSSR count). The number of nitrogens with two attached hydrogens (primary N) is 6. The molecule has 288 valence electrons. The SMILES string of the molecule is C[C@@H](C(=O)O)N(C(=O)[C@H](CCCN=C(N)N)NC(=O)[C@H](CCN)NC(=O)[C@H](CS)NC(=O)[C@H](CCCCN)NC(=O)[C@@H](N)CCN)C(C)(C)C. The molecule has 19 nitrogen and oxygen atoms in total. The maximum absolute atomic E-state index is 13.8. The summed E-state index contributed by atoms with van der Waals surface area (Å²) in [5, 5.41) is 20.1. The number of aliphatic imine (C=N–C) groups is 1. The predicted molar refractivity (Wildman–Crippen MR) is 193 cm³/mol. The number of hydrogen-bond donors (Lipinski definition) is 12. The largest absolute Gasteiger partial charge is 0.480 e. The van der Waals surface area contributed by atoms with Gasteiger partial charge in [0.25, 0.3) is 0 Å². The van der Waals surface area contributed by atoms with Gasteiger partial charge in [-0.05, 0) is 92.3 Å². The molecule has 0 radical (unpaired) electrons. The Labute approximate surface area is 299 Å². The number of rotatable bonds is 24. The van der Waals surface area contributed by atoms with E-state index >= 15 is 0 Å². The van der Waals surface area contributed by atoms with E-state index in [1.165, 1.54) is 6.92 Å². The Hall–Kier alpha value is -3.72. The van der Waals surface area contributed by atoms with Gasteiger partial charge >= 0.3 is 5.97 Å². The van der Waals surface area contributed by atoms with Crippen LogP contribution in [0.5, 0.6) is 0 Å². The Morgan fingerprint density at radius 1 is 0.720 bits per heavy atom. The van der Waals surface area contributed by atoms with Crippen LogP contribution >= 0.6 is 12.6 Å². The van der Waals surface area contributed by atoms with Crippen LogP contribution in [0.25, 0.3) is 0 Å².